The second kappa shape index (κ2) is 10.7. The zero-order valence-corrected chi connectivity index (χ0v) is 21.8. The number of amides is 1. The molecule has 0 bridgehead atoms. The van der Waals surface area contributed by atoms with Crippen molar-refractivity contribution in [2.75, 3.05) is 33.3 Å². The highest BCUT2D eigenvalue weighted by molar-refractivity contribution is 5.94. The second-order valence-electron chi connectivity index (χ2n) is 9.70. The van der Waals surface area contributed by atoms with E-state index in [1.54, 1.807) is 30.2 Å². The van der Waals surface area contributed by atoms with E-state index < -0.39 is 5.82 Å². The van der Waals surface area contributed by atoms with Gasteiger partial charge in [-0.1, -0.05) is 54.6 Å². The number of aromatic nitrogens is 2. The largest absolute Gasteiger partial charge is 0.497 e. The molecule has 39 heavy (non-hydrogen) atoms. The van der Waals surface area contributed by atoms with Crippen molar-refractivity contribution in [3.8, 4) is 28.1 Å². The van der Waals surface area contributed by atoms with Gasteiger partial charge >= 0.3 is 0 Å². The lowest BCUT2D eigenvalue weighted by atomic mass is 10.1. The quantitative estimate of drug-likeness (QED) is 0.285. The molecule has 0 unspecified atom stereocenters. The van der Waals surface area contributed by atoms with Crippen LogP contribution in [0.15, 0.2) is 97.2 Å². The molecule has 1 aliphatic heterocycles. The fourth-order valence-electron chi connectivity index (χ4n) is 5.17. The van der Waals surface area contributed by atoms with Gasteiger partial charge in [0.1, 0.15) is 17.2 Å². The maximum atomic E-state index is 14.2. The molecule has 3 aromatic carbocycles. The number of piperazine rings is 1. The molecule has 0 saturated carbocycles. The van der Waals surface area contributed by atoms with Crippen molar-refractivity contribution in [1.29, 1.82) is 0 Å². The standard InChI is InChI=1S/C32H29FN4O2/c1-39-26-11-7-10-24(20-26)31-29(37-21-25(14-15-30(37)34-31)23-8-3-2-4-9-23)22-35-16-18-36(19-17-35)32(38)27-12-5-6-13-28(27)33/h2-15,20-21H,16-19,22H2,1H3. The molecule has 0 atom stereocenters. The van der Waals surface area contributed by atoms with Crippen molar-refractivity contribution in [2.45, 2.75) is 6.54 Å². The lowest BCUT2D eigenvalue weighted by molar-refractivity contribution is 0.0622. The first-order valence-electron chi connectivity index (χ1n) is 13.1. The monoisotopic (exact) mass is 520 g/mol. The molecule has 2 aromatic heterocycles. The van der Waals surface area contributed by atoms with Gasteiger partial charge in [0, 0.05) is 44.5 Å². The molecule has 3 heterocycles. The summed E-state index contributed by atoms with van der Waals surface area (Å²) in [5.74, 6) is 0.0423. The molecule has 0 spiro atoms. The van der Waals surface area contributed by atoms with Crippen LogP contribution in [0.5, 0.6) is 5.75 Å². The van der Waals surface area contributed by atoms with Crippen molar-refractivity contribution < 1.29 is 13.9 Å². The minimum Gasteiger partial charge on any atom is -0.497 e. The fourth-order valence-corrected chi connectivity index (χ4v) is 5.17. The van der Waals surface area contributed by atoms with E-state index in [1.165, 1.54) is 6.07 Å². The van der Waals surface area contributed by atoms with Gasteiger partial charge in [0.15, 0.2) is 0 Å². The lowest BCUT2D eigenvalue weighted by Crippen LogP contribution is -2.48. The zero-order chi connectivity index (χ0) is 26.8. The van der Waals surface area contributed by atoms with Crippen molar-refractivity contribution in [3.63, 3.8) is 0 Å². The molecule has 1 saturated heterocycles. The average Bonchev–Trinajstić information content (AvgIpc) is 3.35. The van der Waals surface area contributed by atoms with E-state index in [0.29, 0.717) is 32.7 Å². The van der Waals surface area contributed by atoms with Crippen LogP contribution >= 0.6 is 0 Å². The molecule has 0 aliphatic carbocycles. The van der Waals surface area contributed by atoms with Gasteiger partial charge < -0.3 is 14.0 Å². The van der Waals surface area contributed by atoms with E-state index in [1.807, 2.05) is 36.4 Å². The Hall–Kier alpha value is -4.49. The summed E-state index contributed by atoms with van der Waals surface area (Å²) in [6.45, 7) is 3.10. The summed E-state index contributed by atoms with van der Waals surface area (Å²) >= 11 is 0. The number of imidazole rings is 1. The highest BCUT2D eigenvalue weighted by atomic mass is 19.1. The summed E-state index contributed by atoms with van der Waals surface area (Å²) in [4.78, 5) is 22.0. The summed E-state index contributed by atoms with van der Waals surface area (Å²) in [6.07, 6.45) is 2.15. The summed E-state index contributed by atoms with van der Waals surface area (Å²) in [5.41, 5.74) is 6.22. The van der Waals surface area contributed by atoms with E-state index in [4.69, 9.17) is 9.72 Å². The molecule has 196 valence electrons. The van der Waals surface area contributed by atoms with Gasteiger partial charge in [0.25, 0.3) is 5.91 Å². The maximum absolute atomic E-state index is 14.2. The number of carbonyl (C=O) groups excluding carboxylic acids is 1. The molecule has 0 radical (unpaired) electrons. The Morgan fingerprint density at radius 3 is 2.36 bits per heavy atom. The summed E-state index contributed by atoms with van der Waals surface area (Å²) in [7, 11) is 1.66. The zero-order valence-electron chi connectivity index (χ0n) is 21.8. The highest BCUT2D eigenvalue weighted by Crippen LogP contribution is 2.30. The predicted molar refractivity (Wildman–Crippen MR) is 150 cm³/mol. The van der Waals surface area contributed by atoms with Crippen LogP contribution in [0.25, 0.3) is 28.0 Å². The Bertz CT molecular complexity index is 1620. The summed E-state index contributed by atoms with van der Waals surface area (Å²) < 4.78 is 21.9. The Balaban J connectivity index is 1.31. The topological polar surface area (TPSA) is 50.1 Å². The number of nitrogens with zero attached hydrogens (tertiary/aromatic N) is 4. The van der Waals surface area contributed by atoms with Crippen molar-refractivity contribution >= 4 is 11.6 Å². The normalized spacial score (nSPS) is 14.1. The molecule has 1 fully saturated rings. The third-order valence-electron chi connectivity index (χ3n) is 7.30. The number of hydrogen-bond donors (Lipinski definition) is 0. The van der Waals surface area contributed by atoms with Gasteiger partial charge in [-0.3, -0.25) is 9.69 Å². The number of benzene rings is 3. The van der Waals surface area contributed by atoms with Gasteiger partial charge in [-0.2, -0.15) is 0 Å². The number of ether oxygens (including phenoxy) is 1. The fraction of sp³-hybridized carbons (Fsp3) is 0.188. The van der Waals surface area contributed by atoms with Crippen LogP contribution in [0.1, 0.15) is 16.1 Å². The van der Waals surface area contributed by atoms with Crippen LogP contribution in [0.4, 0.5) is 4.39 Å². The molecule has 1 aliphatic rings. The number of fused-ring (bicyclic) bond motifs is 1. The molecule has 0 N–H and O–H groups in total. The molecule has 5 aromatic rings. The Morgan fingerprint density at radius 1 is 0.846 bits per heavy atom. The number of carbonyl (C=O) groups is 1. The van der Waals surface area contributed by atoms with Crippen LogP contribution in [-0.2, 0) is 6.54 Å². The van der Waals surface area contributed by atoms with Gasteiger partial charge in [0.05, 0.1) is 24.1 Å². The SMILES string of the molecule is COc1cccc(-c2nc3ccc(-c4ccccc4)cn3c2CN2CCN(C(=O)c3ccccc3F)CC2)c1. The molecule has 7 heteroatoms. The van der Waals surface area contributed by atoms with Crippen molar-refractivity contribution in [1.82, 2.24) is 19.2 Å². The van der Waals surface area contributed by atoms with Crippen LogP contribution in [0.2, 0.25) is 0 Å². The Kier molecular flexibility index (Phi) is 6.82. The van der Waals surface area contributed by atoms with E-state index >= 15 is 0 Å². The molecule has 6 rings (SSSR count). The Morgan fingerprint density at radius 2 is 1.59 bits per heavy atom. The van der Waals surface area contributed by atoms with Gasteiger partial charge in [-0.15, -0.1) is 0 Å². The van der Waals surface area contributed by atoms with Crippen molar-refractivity contribution in [3.05, 3.63) is 114 Å². The molecular weight excluding hydrogens is 491 g/mol. The van der Waals surface area contributed by atoms with E-state index in [9.17, 15) is 9.18 Å². The molecular formula is C32H29FN4O2. The van der Waals surface area contributed by atoms with Gasteiger partial charge in [-0.05, 0) is 47.5 Å². The first-order chi connectivity index (χ1) is 19.1. The Labute approximate surface area is 226 Å². The van der Waals surface area contributed by atoms with Gasteiger partial charge in [0.2, 0.25) is 0 Å². The summed E-state index contributed by atoms with van der Waals surface area (Å²) in [6, 6.07) is 28.6. The highest BCUT2D eigenvalue weighted by Gasteiger charge is 2.26. The molecule has 6 nitrogen and oxygen atoms in total. The van der Waals surface area contributed by atoms with Crippen LogP contribution < -0.4 is 4.74 Å². The predicted octanol–water partition coefficient (Wildman–Crippen LogP) is 5.77. The second-order valence-corrected chi connectivity index (χ2v) is 9.70. The van der Waals surface area contributed by atoms with Gasteiger partial charge in [-0.25, -0.2) is 9.37 Å². The minimum absolute atomic E-state index is 0.126. The lowest BCUT2D eigenvalue weighted by Gasteiger charge is -2.34. The molecule has 1 amide bonds. The number of halogens is 1. The van der Waals surface area contributed by atoms with Crippen LogP contribution in [0, 0.1) is 5.82 Å². The number of pyridine rings is 1. The first-order valence-corrected chi connectivity index (χ1v) is 13.1. The number of rotatable bonds is 6. The smallest absolute Gasteiger partial charge is 0.256 e. The summed E-state index contributed by atoms with van der Waals surface area (Å²) in [5, 5.41) is 0. The average molecular weight is 521 g/mol. The van der Waals surface area contributed by atoms with E-state index in [0.717, 1.165) is 39.5 Å². The number of hydrogen-bond acceptors (Lipinski definition) is 4. The first kappa shape index (κ1) is 24.8. The van der Waals surface area contributed by atoms with Crippen LogP contribution in [-0.4, -0.2) is 58.4 Å². The van der Waals surface area contributed by atoms with Crippen LogP contribution in [0.3, 0.4) is 0 Å². The van der Waals surface area contributed by atoms with Crippen molar-refractivity contribution in [2.24, 2.45) is 0 Å². The minimum atomic E-state index is -0.479. The van der Waals surface area contributed by atoms with E-state index in [-0.39, 0.29) is 11.5 Å². The van der Waals surface area contributed by atoms with E-state index in [2.05, 4.69) is 45.8 Å². The third kappa shape index (κ3) is 5.01. The third-order valence-corrected chi connectivity index (χ3v) is 7.30. The number of methoxy groups -OCH3 is 1. The maximum Gasteiger partial charge on any atom is 0.256 e.